The molecule has 3 rings (SSSR count). The average Bonchev–Trinajstić information content (AvgIpc) is 3.06. The first-order valence-electron chi connectivity index (χ1n) is 6.31. The Hall–Kier alpha value is -2.54. The van der Waals surface area contributed by atoms with E-state index in [2.05, 4.69) is 10.3 Å². The van der Waals surface area contributed by atoms with Crippen LogP contribution in [0, 0.1) is 0 Å². The van der Waals surface area contributed by atoms with E-state index in [4.69, 9.17) is 10.5 Å². The van der Waals surface area contributed by atoms with Crippen molar-refractivity contribution in [2.24, 2.45) is 5.73 Å². The van der Waals surface area contributed by atoms with Crippen LogP contribution >= 0.6 is 11.3 Å². The van der Waals surface area contributed by atoms with Gasteiger partial charge in [0.15, 0.2) is 4.96 Å². The molecular formula is C14H14N4O2S. The second-order valence-corrected chi connectivity index (χ2v) is 5.29. The maximum Gasteiger partial charge on any atom is 0.248 e. The highest BCUT2D eigenvalue weighted by Gasteiger charge is 2.13. The molecule has 0 saturated carbocycles. The van der Waals surface area contributed by atoms with Crippen LogP contribution in [0.1, 0.15) is 16.1 Å². The normalized spacial score (nSPS) is 10.7. The Kier molecular flexibility index (Phi) is 3.49. The monoisotopic (exact) mass is 302 g/mol. The summed E-state index contributed by atoms with van der Waals surface area (Å²) < 4.78 is 7.28. The number of fused-ring (bicyclic) bond motifs is 1. The number of ether oxygens (including phenoxy) is 1. The van der Waals surface area contributed by atoms with Crippen molar-refractivity contribution in [2.45, 2.75) is 6.54 Å². The SMILES string of the molecule is COc1nc2sccn2c1CNc1cccc(C(N)=O)c1. The van der Waals surface area contributed by atoms with E-state index < -0.39 is 5.91 Å². The van der Waals surface area contributed by atoms with E-state index in [1.807, 2.05) is 22.0 Å². The number of primary amides is 1. The Labute approximate surface area is 125 Å². The number of amides is 1. The van der Waals surface area contributed by atoms with Gasteiger partial charge >= 0.3 is 0 Å². The van der Waals surface area contributed by atoms with Crippen molar-refractivity contribution in [3.05, 3.63) is 47.1 Å². The topological polar surface area (TPSA) is 81.7 Å². The minimum Gasteiger partial charge on any atom is -0.480 e. The minimum absolute atomic E-state index is 0.444. The summed E-state index contributed by atoms with van der Waals surface area (Å²) in [6.45, 7) is 0.531. The maximum atomic E-state index is 11.2. The van der Waals surface area contributed by atoms with Crippen molar-refractivity contribution < 1.29 is 9.53 Å². The number of benzene rings is 1. The van der Waals surface area contributed by atoms with Gasteiger partial charge in [-0.3, -0.25) is 9.20 Å². The van der Waals surface area contributed by atoms with Crippen molar-refractivity contribution in [1.29, 1.82) is 0 Å². The second kappa shape index (κ2) is 5.45. The van der Waals surface area contributed by atoms with Gasteiger partial charge in [0.05, 0.1) is 13.7 Å². The quantitative estimate of drug-likeness (QED) is 0.756. The lowest BCUT2D eigenvalue weighted by Crippen LogP contribution is -2.11. The highest BCUT2D eigenvalue weighted by Crippen LogP contribution is 2.24. The molecule has 0 aliphatic carbocycles. The molecule has 0 aliphatic rings. The fourth-order valence-corrected chi connectivity index (χ4v) is 2.83. The van der Waals surface area contributed by atoms with E-state index in [0.29, 0.717) is 18.0 Å². The highest BCUT2D eigenvalue weighted by molar-refractivity contribution is 7.15. The van der Waals surface area contributed by atoms with Crippen LogP contribution in [0.3, 0.4) is 0 Å². The number of carbonyl (C=O) groups is 1. The lowest BCUT2D eigenvalue weighted by Gasteiger charge is -2.08. The van der Waals surface area contributed by atoms with E-state index in [1.54, 1.807) is 36.6 Å². The molecule has 6 nitrogen and oxygen atoms in total. The molecule has 0 radical (unpaired) electrons. The Balaban J connectivity index is 1.84. The summed E-state index contributed by atoms with van der Waals surface area (Å²) in [7, 11) is 1.60. The van der Waals surface area contributed by atoms with Crippen LogP contribution in [0.15, 0.2) is 35.8 Å². The zero-order valence-corrected chi connectivity index (χ0v) is 12.2. The minimum atomic E-state index is -0.444. The van der Waals surface area contributed by atoms with Gasteiger partial charge in [-0.2, -0.15) is 4.98 Å². The predicted molar refractivity (Wildman–Crippen MR) is 81.9 cm³/mol. The molecule has 3 N–H and O–H groups in total. The summed E-state index contributed by atoms with van der Waals surface area (Å²) >= 11 is 1.55. The molecule has 0 aliphatic heterocycles. The summed E-state index contributed by atoms with van der Waals surface area (Å²) in [4.78, 5) is 16.5. The van der Waals surface area contributed by atoms with E-state index in [-0.39, 0.29) is 0 Å². The number of nitrogens with two attached hydrogens (primary N) is 1. The van der Waals surface area contributed by atoms with Gasteiger partial charge in [0.2, 0.25) is 11.8 Å². The van der Waals surface area contributed by atoms with Crippen LogP contribution in [-0.4, -0.2) is 22.4 Å². The molecule has 0 unspecified atom stereocenters. The van der Waals surface area contributed by atoms with Crippen molar-refractivity contribution in [3.8, 4) is 5.88 Å². The number of nitrogens with zero attached hydrogens (tertiary/aromatic N) is 2. The van der Waals surface area contributed by atoms with E-state index in [0.717, 1.165) is 16.3 Å². The molecule has 0 fully saturated rings. The molecule has 3 aromatic rings. The van der Waals surface area contributed by atoms with Crippen molar-refractivity contribution in [2.75, 3.05) is 12.4 Å². The van der Waals surface area contributed by atoms with Gasteiger partial charge in [-0.1, -0.05) is 6.07 Å². The van der Waals surface area contributed by atoms with E-state index >= 15 is 0 Å². The summed E-state index contributed by atoms with van der Waals surface area (Å²) in [6, 6.07) is 7.08. The number of rotatable bonds is 5. The third kappa shape index (κ3) is 2.55. The zero-order chi connectivity index (χ0) is 14.8. The molecule has 108 valence electrons. The van der Waals surface area contributed by atoms with Gasteiger partial charge in [0.25, 0.3) is 0 Å². The first-order chi connectivity index (χ1) is 10.2. The van der Waals surface area contributed by atoms with Crippen LogP contribution in [0.25, 0.3) is 4.96 Å². The summed E-state index contributed by atoms with van der Waals surface area (Å²) in [5.41, 5.74) is 7.50. The third-order valence-electron chi connectivity index (χ3n) is 3.12. The van der Waals surface area contributed by atoms with Crippen molar-refractivity contribution in [3.63, 3.8) is 0 Å². The molecule has 0 spiro atoms. The number of methoxy groups -OCH3 is 1. The zero-order valence-electron chi connectivity index (χ0n) is 11.4. The summed E-state index contributed by atoms with van der Waals surface area (Å²) in [5.74, 6) is 0.154. The first-order valence-corrected chi connectivity index (χ1v) is 7.19. The largest absolute Gasteiger partial charge is 0.480 e. The summed E-state index contributed by atoms with van der Waals surface area (Å²) in [6.07, 6.45) is 1.95. The fourth-order valence-electron chi connectivity index (χ4n) is 2.11. The van der Waals surface area contributed by atoms with Crippen LogP contribution in [0.5, 0.6) is 5.88 Å². The van der Waals surface area contributed by atoms with Gasteiger partial charge in [0.1, 0.15) is 5.69 Å². The lowest BCUT2D eigenvalue weighted by molar-refractivity contribution is 0.100. The molecule has 1 aromatic carbocycles. The Bertz CT molecular complexity index is 793. The number of hydrogen-bond acceptors (Lipinski definition) is 5. The lowest BCUT2D eigenvalue weighted by atomic mass is 10.2. The average molecular weight is 302 g/mol. The van der Waals surface area contributed by atoms with Crippen molar-refractivity contribution >= 4 is 27.9 Å². The van der Waals surface area contributed by atoms with Gasteiger partial charge in [-0.25, -0.2) is 0 Å². The molecule has 0 saturated heterocycles. The van der Waals surface area contributed by atoms with Crippen LogP contribution < -0.4 is 15.8 Å². The van der Waals surface area contributed by atoms with Crippen LogP contribution in [-0.2, 0) is 6.54 Å². The molecular weight excluding hydrogens is 288 g/mol. The smallest absolute Gasteiger partial charge is 0.248 e. The third-order valence-corrected chi connectivity index (χ3v) is 3.88. The van der Waals surface area contributed by atoms with E-state index in [1.165, 1.54) is 0 Å². The predicted octanol–water partition coefficient (Wildman–Crippen LogP) is 2.12. The molecule has 2 aromatic heterocycles. The molecule has 21 heavy (non-hydrogen) atoms. The number of nitrogens with one attached hydrogen (secondary N) is 1. The Morgan fingerprint density at radius 1 is 1.52 bits per heavy atom. The Morgan fingerprint density at radius 2 is 2.38 bits per heavy atom. The number of anilines is 1. The molecule has 0 bridgehead atoms. The van der Waals surface area contributed by atoms with Gasteiger partial charge in [-0.05, 0) is 18.2 Å². The van der Waals surface area contributed by atoms with Crippen LogP contribution in [0.4, 0.5) is 5.69 Å². The summed E-state index contributed by atoms with van der Waals surface area (Å²) in [5, 5.41) is 5.23. The number of thiazole rings is 1. The van der Waals surface area contributed by atoms with Crippen molar-refractivity contribution in [1.82, 2.24) is 9.38 Å². The first kappa shape index (κ1) is 13.4. The number of carbonyl (C=O) groups excluding carboxylic acids is 1. The van der Waals surface area contributed by atoms with E-state index in [9.17, 15) is 4.79 Å². The van der Waals surface area contributed by atoms with Gasteiger partial charge in [-0.15, -0.1) is 11.3 Å². The van der Waals surface area contributed by atoms with Gasteiger partial charge in [0, 0.05) is 22.8 Å². The molecule has 0 atom stereocenters. The molecule has 1 amide bonds. The van der Waals surface area contributed by atoms with Gasteiger partial charge < -0.3 is 15.8 Å². The standard InChI is InChI=1S/C14H14N4O2S/c1-20-13-11(18-5-6-21-14(18)17-13)8-16-10-4-2-3-9(7-10)12(15)19/h2-7,16H,8H2,1H3,(H2,15,19). The maximum absolute atomic E-state index is 11.2. The van der Waals surface area contributed by atoms with Crippen LogP contribution in [0.2, 0.25) is 0 Å². The highest BCUT2D eigenvalue weighted by atomic mass is 32.1. The Morgan fingerprint density at radius 3 is 3.14 bits per heavy atom. The number of imidazole rings is 1. The number of hydrogen-bond donors (Lipinski definition) is 2. The number of aromatic nitrogens is 2. The molecule has 2 heterocycles. The molecule has 7 heteroatoms. The second-order valence-electron chi connectivity index (χ2n) is 4.42. The fraction of sp³-hybridized carbons (Fsp3) is 0.143.